The van der Waals surface area contributed by atoms with Gasteiger partial charge in [0.1, 0.15) is 10.7 Å². The molecule has 3 aliphatic heterocycles. The number of fused-ring (bicyclic) bond motifs is 2. The van der Waals surface area contributed by atoms with Crippen LogP contribution in [0, 0.1) is 11.8 Å². The van der Waals surface area contributed by atoms with Crippen molar-refractivity contribution in [1.82, 2.24) is 14.9 Å². The molecule has 4 heterocycles. The molecule has 0 radical (unpaired) electrons. The van der Waals surface area contributed by atoms with Crippen LogP contribution < -0.4 is 10.2 Å². The lowest BCUT2D eigenvalue weighted by molar-refractivity contribution is 0.155. The largest absolute Gasteiger partial charge is 0.364 e. The molecule has 4 aliphatic rings. The van der Waals surface area contributed by atoms with Crippen LogP contribution in [0.15, 0.2) is 35.2 Å². The topological polar surface area (TPSA) is 61.4 Å². The van der Waals surface area contributed by atoms with Crippen molar-refractivity contribution in [2.45, 2.75) is 30.2 Å². The Balaban J connectivity index is 1.18. The average Bonchev–Trinajstić information content (AvgIpc) is 3.49. The van der Waals surface area contributed by atoms with Gasteiger partial charge in [-0.25, -0.2) is 4.98 Å². The van der Waals surface area contributed by atoms with Crippen molar-refractivity contribution in [2.24, 2.45) is 11.8 Å². The zero-order valence-electron chi connectivity index (χ0n) is 19.1. The molecular weight excluding hydrogens is 473 g/mol. The maximum atomic E-state index is 12.7. The number of likely N-dealkylation sites (tertiary alicyclic amines) is 1. The van der Waals surface area contributed by atoms with Crippen molar-refractivity contribution >= 4 is 39.7 Å². The Morgan fingerprint density at radius 2 is 1.97 bits per heavy atom. The number of allylic oxidation sites excluding steroid dienone is 1. The van der Waals surface area contributed by atoms with Crippen molar-refractivity contribution < 1.29 is 8.60 Å². The summed E-state index contributed by atoms with van der Waals surface area (Å²) in [6, 6.07) is 8.38. The molecule has 1 aliphatic carbocycles. The van der Waals surface area contributed by atoms with Crippen molar-refractivity contribution in [3.05, 3.63) is 46.6 Å². The molecule has 1 N–H and O–H groups in total. The lowest BCUT2D eigenvalue weighted by Crippen LogP contribution is -2.55. The van der Waals surface area contributed by atoms with Gasteiger partial charge in [0.25, 0.3) is 0 Å². The summed E-state index contributed by atoms with van der Waals surface area (Å²) in [7, 11) is -1.05. The number of nitrogens with zero attached hydrogens (tertiary/aromatic N) is 4. The minimum absolute atomic E-state index is 0.256. The third-order valence-electron chi connectivity index (χ3n) is 7.47. The molecule has 0 saturated carbocycles. The standard InChI is InChI=1S/C25H29ClFN5OS/c26-20-4-2-16(3-5-20)17-10-18-12-32(13-19(18)11-17)25-29-22-6-9-34(33)23(22)24(30-25)28-21-14-31(15-21)8-1-7-27/h2-5,10,18-19,21H,1,6-9,11-15H2,(H,28,29,30)/t18-,19+,34-/m0/s1. The predicted octanol–water partition coefficient (Wildman–Crippen LogP) is 3.79. The molecule has 6 rings (SSSR count). The minimum atomic E-state index is -1.05. The molecule has 2 saturated heterocycles. The van der Waals surface area contributed by atoms with Crippen molar-refractivity contribution in [3.8, 4) is 0 Å². The first-order valence-corrected chi connectivity index (χ1v) is 13.8. The number of aryl methyl sites for hydroxylation is 1. The van der Waals surface area contributed by atoms with E-state index < -0.39 is 10.8 Å². The molecule has 180 valence electrons. The molecule has 0 unspecified atom stereocenters. The van der Waals surface area contributed by atoms with Crippen LogP contribution in [-0.4, -0.2) is 70.3 Å². The molecule has 0 spiro atoms. The second-order valence-corrected chi connectivity index (χ2v) is 11.8. The minimum Gasteiger partial charge on any atom is -0.364 e. The van der Waals surface area contributed by atoms with Crippen LogP contribution in [0.1, 0.15) is 24.1 Å². The predicted molar refractivity (Wildman–Crippen MR) is 135 cm³/mol. The molecule has 1 aromatic heterocycles. The number of hydrogen-bond acceptors (Lipinski definition) is 6. The summed E-state index contributed by atoms with van der Waals surface area (Å²) in [6.45, 7) is 4.09. The van der Waals surface area contributed by atoms with Gasteiger partial charge in [0.2, 0.25) is 5.95 Å². The van der Waals surface area contributed by atoms with Gasteiger partial charge in [-0.3, -0.25) is 13.5 Å². The Kier molecular flexibility index (Phi) is 6.07. The molecule has 3 atom stereocenters. The normalized spacial score (nSPS) is 26.4. The van der Waals surface area contributed by atoms with Crippen LogP contribution in [0.2, 0.25) is 5.02 Å². The Hall–Kier alpha value is -2.03. The third kappa shape index (κ3) is 4.25. The van der Waals surface area contributed by atoms with Crippen LogP contribution in [0.4, 0.5) is 16.2 Å². The number of halogens is 2. The fourth-order valence-corrected chi connectivity index (χ4v) is 7.13. The van der Waals surface area contributed by atoms with Gasteiger partial charge in [-0.15, -0.1) is 0 Å². The molecule has 1 aromatic carbocycles. The van der Waals surface area contributed by atoms with Crippen LogP contribution >= 0.6 is 11.6 Å². The monoisotopic (exact) mass is 501 g/mol. The Labute approximate surface area is 207 Å². The average molecular weight is 502 g/mol. The van der Waals surface area contributed by atoms with Crippen molar-refractivity contribution in [1.29, 1.82) is 0 Å². The van der Waals surface area contributed by atoms with E-state index >= 15 is 0 Å². The molecule has 0 bridgehead atoms. The van der Waals surface area contributed by atoms with Gasteiger partial charge in [0, 0.05) is 49.9 Å². The van der Waals surface area contributed by atoms with E-state index in [1.54, 1.807) is 0 Å². The third-order valence-corrected chi connectivity index (χ3v) is 9.18. The summed E-state index contributed by atoms with van der Waals surface area (Å²) in [5.74, 6) is 3.16. The smallest absolute Gasteiger partial charge is 0.227 e. The lowest BCUT2D eigenvalue weighted by atomic mass is 9.98. The van der Waals surface area contributed by atoms with E-state index in [-0.39, 0.29) is 12.7 Å². The summed E-state index contributed by atoms with van der Waals surface area (Å²) in [5, 5.41) is 4.30. The number of rotatable bonds is 7. The van der Waals surface area contributed by atoms with E-state index in [9.17, 15) is 8.60 Å². The van der Waals surface area contributed by atoms with Crippen LogP contribution in [0.25, 0.3) is 5.57 Å². The quantitative estimate of drug-likeness (QED) is 0.623. The molecule has 2 fully saturated rings. The van der Waals surface area contributed by atoms with Gasteiger partial charge in [-0.2, -0.15) is 4.98 Å². The molecule has 34 heavy (non-hydrogen) atoms. The number of aromatic nitrogens is 2. The van der Waals surface area contributed by atoms with E-state index in [1.165, 1.54) is 11.1 Å². The number of benzene rings is 1. The SMILES string of the molecule is O=[S@]1CCc2nc(N3C[C@H]4CC(c5ccc(Cl)cc5)=C[C@H]4C3)nc(NC3CN(CCCF)C3)c21. The molecule has 6 nitrogen and oxygen atoms in total. The Morgan fingerprint density at radius 3 is 2.74 bits per heavy atom. The van der Waals surface area contributed by atoms with Gasteiger partial charge >= 0.3 is 0 Å². The second kappa shape index (κ2) is 9.21. The van der Waals surface area contributed by atoms with Gasteiger partial charge < -0.3 is 10.2 Å². The van der Waals surface area contributed by atoms with E-state index in [1.807, 2.05) is 12.1 Å². The highest BCUT2D eigenvalue weighted by molar-refractivity contribution is 7.85. The van der Waals surface area contributed by atoms with E-state index in [0.717, 1.165) is 72.9 Å². The molecule has 9 heteroatoms. The van der Waals surface area contributed by atoms with Crippen molar-refractivity contribution in [3.63, 3.8) is 0 Å². The maximum Gasteiger partial charge on any atom is 0.227 e. The fraction of sp³-hybridized carbons (Fsp3) is 0.520. The highest BCUT2D eigenvalue weighted by Crippen LogP contribution is 2.42. The first kappa shape index (κ1) is 22.4. The highest BCUT2D eigenvalue weighted by atomic mass is 35.5. The number of anilines is 2. The molecule has 0 amide bonds. The first-order chi connectivity index (χ1) is 16.6. The second-order valence-electron chi connectivity index (χ2n) is 9.82. The summed E-state index contributed by atoms with van der Waals surface area (Å²) < 4.78 is 25.1. The summed E-state index contributed by atoms with van der Waals surface area (Å²) >= 11 is 6.05. The van der Waals surface area contributed by atoms with E-state index in [4.69, 9.17) is 21.6 Å². The lowest BCUT2D eigenvalue weighted by Gasteiger charge is -2.40. The van der Waals surface area contributed by atoms with E-state index in [0.29, 0.717) is 24.0 Å². The van der Waals surface area contributed by atoms with Crippen molar-refractivity contribution in [2.75, 3.05) is 55.4 Å². The highest BCUT2D eigenvalue weighted by Gasteiger charge is 2.39. The fourth-order valence-electron chi connectivity index (χ4n) is 5.70. The zero-order valence-corrected chi connectivity index (χ0v) is 20.6. The van der Waals surface area contributed by atoms with Crippen LogP contribution in [0.5, 0.6) is 0 Å². The number of alkyl halides is 1. The van der Waals surface area contributed by atoms with Gasteiger partial charge in [0.05, 0.1) is 29.2 Å². The van der Waals surface area contributed by atoms with Crippen LogP contribution in [0.3, 0.4) is 0 Å². The van der Waals surface area contributed by atoms with Crippen LogP contribution in [-0.2, 0) is 17.2 Å². The van der Waals surface area contributed by atoms with Gasteiger partial charge in [-0.1, -0.05) is 29.8 Å². The Bertz CT molecular complexity index is 1140. The molecular formula is C25H29ClFN5OS. The van der Waals surface area contributed by atoms with Gasteiger partial charge in [0.15, 0.2) is 0 Å². The van der Waals surface area contributed by atoms with E-state index in [2.05, 4.69) is 33.3 Å². The molecule has 2 aromatic rings. The number of nitrogens with one attached hydrogen (secondary N) is 1. The summed E-state index contributed by atoms with van der Waals surface area (Å²) in [5.41, 5.74) is 3.59. The Morgan fingerprint density at radius 1 is 1.15 bits per heavy atom. The van der Waals surface area contributed by atoms with Gasteiger partial charge in [-0.05, 0) is 47.9 Å². The first-order valence-electron chi connectivity index (χ1n) is 12.1. The maximum absolute atomic E-state index is 12.7. The zero-order chi connectivity index (χ0) is 23.2. The number of hydrogen-bond donors (Lipinski definition) is 1. The summed E-state index contributed by atoms with van der Waals surface area (Å²) in [6.07, 6.45) is 4.78. The summed E-state index contributed by atoms with van der Waals surface area (Å²) in [4.78, 5) is 15.1.